The van der Waals surface area contributed by atoms with Crippen LogP contribution in [0.1, 0.15) is 33.6 Å². The van der Waals surface area contributed by atoms with Gasteiger partial charge in [-0.25, -0.2) is 9.78 Å². The molecule has 0 radical (unpaired) electrons. The van der Waals surface area contributed by atoms with Gasteiger partial charge in [0.1, 0.15) is 22.1 Å². The van der Waals surface area contributed by atoms with Crippen molar-refractivity contribution >= 4 is 33.7 Å². The third-order valence-corrected chi connectivity index (χ3v) is 4.42. The average molecular weight is 382 g/mol. The van der Waals surface area contributed by atoms with E-state index in [-0.39, 0.29) is 11.9 Å². The predicted molar refractivity (Wildman–Crippen MR) is 88.9 cm³/mol. The van der Waals surface area contributed by atoms with Gasteiger partial charge >= 0.3 is 6.09 Å². The molecule has 124 valence electrons. The van der Waals surface area contributed by atoms with Crippen LogP contribution in [0.15, 0.2) is 22.8 Å². The first kappa shape index (κ1) is 16.2. The van der Waals surface area contributed by atoms with Gasteiger partial charge in [-0.05, 0) is 67.6 Å². The Kier molecular flexibility index (Phi) is 4.08. The van der Waals surface area contributed by atoms with Gasteiger partial charge in [-0.1, -0.05) is 6.07 Å². The van der Waals surface area contributed by atoms with Crippen LogP contribution in [0.2, 0.25) is 0 Å². The lowest BCUT2D eigenvalue weighted by Gasteiger charge is -2.29. The van der Waals surface area contributed by atoms with Gasteiger partial charge in [0.25, 0.3) is 0 Å². The molecular formula is C16H20BrN3O3. The monoisotopic (exact) mass is 381 g/mol. The van der Waals surface area contributed by atoms with Gasteiger partial charge in [0, 0.05) is 6.04 Å². The predicted octanol–water partition coefficient (Wildman–Crippen LogP) is 3.18. The smallest absolute Gasteiger partial charge is 0.411 e. The van der Waals surface area contributed by atoms with Crippen molar-refractivity contribution < 1.29 is 14.3 Å². The molecule has 1 saturated carbocycles. The van der Waals surface area contributed by atoms with Crippen LogP contribution < -0.4 is 5.32 Å². The summed E-state index contributed by atoms with van der Waals surface area (Å²) < 4.78 is 6.10. The molecule has 2 fully saturated rings. The number of anilines is 1. The summed E-state index contributed by atoms with van der Waals surface area (Å²) in [5, 5.41) is 2.78. The van der Waals surface area contributed by atoms with Crippen molar-refractivity contribution in [3.05, 3.63) is 22.8 Å². The first-order valence-corrected chi connectivity index (χ1v) is 8.48. The van der Waals surface area contributed by atoms with Crippen molar-refractivity contribution in [3.63, 3.8) is 0 Å². The zero-order valence-corrected chi connectivity index (χ0v) is 15.0. The van der Waals surface area contributed by atoms with Gasteiger partial charge in [0.15, 0.2) is 0 Å². The highest BCUT2D eigenvalue weighted by Gasteiger charge is 2.57. The second-order valence-corrected chi connectivity index (χ2v) is 7.85. The van der Waals surface area contributed by atoms with E-state index in [0.717, 1.165) is 6.42 Å². The Hall–Kier alpha value is -1.63. The fraction of sp³-hybridized carbons (Fsp3) is 0.562. The summed E-state index contributed by atoms with van der Waals surface area (Å²) in [4.78, 5) is 30.8. The number of likely N-dealkylation sites (tertiary alicyclic amines) is 1. The first-order chi connectivity index (χ1) is 10.7. The Morgan fingerprint density at radius 1 is 1.35 bits per heavy atom. The molecule has 1 aromatic rings. The Labute approximate surface area is 143 Å². The van der Waals surface area contributed by atoms with Crippen LogP contribution in [0.25, 0.3) is 0 Å². The molecule has 0 aromatic carbocycles. The van der Waals surface area contributed by atoms with E-state index in [4.69, 9.17) is 4.74 Å². The largest absolute Gasteiger partial charge is 0.444 e. The highest BCUT2D eigenvalue weighted by molar-refractivity contribution is 9.10. The topological polar surface area (TPSA) is 71.5 Å². The number of carbonyl (C=O) groups is 2. The minimum absolute atomic E-state index is 0.135. The molecule has 1 aromatic heterocycles. The molecule has 1 aliphatic heterocycles. The third kappa shape index (κ3) is 3.65. The molecule has 2 heterocycles. The first-order valence-electron chi connectivity index (χ1n) is 7.69. The van der Waals surface area contributed by atoms with E-state index in [9.17, 15) is 9.59 Å². The van der Waals surface area contributed by atoms with E-state index < -0.39 is 17.7 Å². The van der Waals surface area contributed by atoms with Crippen LogP contribution in [-0.4, -0.2) is 39.6 Å². The van der Waals surface area contributed by atoms with Gasteiger partial charge in [0.05, 0.1) is 0 Å². The fourth-order valence-corrected chi connectivity index (χ4v) is 3.30. The lowest BCUT2D eigenvalue weighted by Crippen LogP contribution is -2.47. The molecule has 1 aliphatic carbocycles. The normalized spacial score (nSPS) is 25.7. The number of pyridine rings is 1. The van der Waals surface area contributed by atoms with Gasteiger partial charge in [0.2, 0.25) is 5.91 Å². The summed E-state index contributed by atoms with van der Waals surface area (Å²) in [5.41, 5.74) is -0.572. The van der Waals surface area contributed by atoms with E-state index >= 15 is 0 Å². The van der Waals surface area contributed by atoms with Crippen molar-refractivity contribution in [1.29, 1.82) is 0 Å². The van der Waals surface area contributed by atoms with Crippen LogP contribution >= 0.6 is 15.9 Å². The standard InChI is InChI=1S/C16H20BrN3O3/c1-16(2,3)23-15(22)20-10-7-9(10)8-11(20)14(21)19-13-6-4-5-12(17)18-13/h4-6,9-11H,7-8H2,1-3H3,(H,18,19,21)/t9-,10-,11+/m1/s1. The number of halogens is 1. The second-order valence-electron chi connectivity index (χ2n) is 7.04. The number of nitrogens with zero attached hydrogens (tertiary/aromatic N) is 2. The van der Waals surface area contributed by atoms with E-state index in [2.05, 4.69) is 26.2 Å². The van der Waals surface area contributed by atoms with Crippen LogP contribution in [0.5, 0.6) is 0 Å². The number of nitrogens with one attached hydrogen (secondary N) is 1. The fourth-order valence-electron chi connectivity index (χ4n) is 2.96. The third-order valence-electron chi connectivity index (χ3n) is 3.98. The molecule has 7 heteroatoms. The van der Waals surface area contributed by atoms with Crippen molar-refractivity contribution in [1.82, 2.24) is 9.88 Å². The number of rotatable bonds is 2. The minimum atomic E-state index is -0.572. The Bertz CT molecular complexity index is 644. The van der Waals surface area contributed by atoms with Crippen molar-refractivity contribution in [3.8, 4) is 0 Å². The number of aromatic nitrogens is 1. The number of fused-ring (bicyclic) bond motifs is 1. The van der Waals surface area contributed by atoms with Crippen LogP contribution in [-0.2, 0) is 9.53 Å². The maximum absolute atomic E-state index is 12.6. The molecule has 2 aliphatic rings. The minimum Gasteiger partial charge on any atom is -0.444 e. The molecule has 2 amide bonds. The van der Waals surface area contributed by atoms with Gasteiger partial charge < -0.3 is 10.1 Å². The van der Waals surface area contributed by atoms with Gasteiger partial charge in [-0.15, -0.1) is 0 Å². The highest BCUT2D eigenvalue weighted by atomic mass is 79.9. The van der Waals surface area contributed by atoms with Crippen LogP contribution in [0.4, 0.5) is 10.6 Å². The molecular weight excluding hydrogens is 362 g/mol. The molecule has 23 heavy (non-hydrogen) atoms. The summed E-state index contributed by atoms with van der Waals surface area (Å²) >= 11 is 3.27. The number of amides is 2. The zero-order chi connectivity index (χ0) is 16.8. The number of piperidine rings is 1. The number of hydrogen-bond donors (Lipinski definition) is 1. The SMILES string of the molecule is CC(C)(C)OC(=O)N1[C@@H]2C[C@@H]2C[C@H]1C(=O)Nc1cccc(Br)n1. The number of hydrogen-bond acceptors (Lipinski definition) is 4. The van der Waals surface area contributed by atoms with E-state index in [1.165, 1.54) is 0 Å². The summed E-state index contributed by atoms with van der Waals surface area (Å²) in [7, 11) is 0. The summed E-state index contributed by atoms with van der Waals surface area (Å²) in [6.45, 7) is 5.48. The van der Waals surface area contributed by atoms with E-state index in [1.807, 2.05) is 20.8 Å². The van der Waals surface area contributed by atoms with E-state index in [0.29, 0.717) is 22.8 Å². The van der Waals surface area contributed by atoms with Crippen molar-refractivity contribution in [2.45, 2.75) is 51.3 Å². The maximum Gasteiger partial charge on any atom is 0.411 e. The van der Waals surface area contributed by atoms with Gasteiger partial charge in [-0.3, -0.25) is 9.69 Å². The molecule has 6 nitrogen and oxygen atoms in total. The molecule has 1 N–H and O–H groups in total. The summed E-state index contributed by atoms with van der Waals surface area (Å²) in [6.07, 6.45) is 1.23. The maximum atomic E-state index is 12.6. The zero-order valence-electron chi connectivity index (χ0n) is 13.4. The Balaban J connectivity index is 1.71. The second kappa shape index (κ2) is 5.78. The van der Waals surface area contributed by atoms with Crippen LogP contribution in [0, 0.1) is 5.92 Å². The molecule has 1 saturated heterocycles. The summed E-state index contributed by atoms with van der Waals surface area (Å²) in [6, 6.07) is 4.94. The van der Waals surface area contributed by atoms with Gasteiger partial charge in [-0.2, -0.15) is 0 Å². The number of carbonyl (C=O) groups excluding carboxylic acids is 2. The highest BCUT2D eigenvalue weighted by Crippen LogP contribution is 2.48. The molecule has 0 bridgehead atoms. The Morgan fingerprint density at radius 3 is 2.74 bits per heavy atom. The molecule has 3 atom stereocenters. The average Bonchev–Trinajstić information content (AvgIpc) is 3.06. The molecule has 3 rings (SSSR count). The Morgan fingerprint density at radius 2 is 2.09 bits per heavy atom. The quantitative estimate of drug-likeness (QED) is 0.798. The van der Waals surface area contributed by atoms with E-state index in [1.54, 1.807) is 23.1 Å². The lowest BCUT2D eigenvalue weighted by atomic mass is 10.1. The van der Waals surface area contributed by atoms with Crippen molar-refractivity contribution in [2.75, 3.05) is 5.32 Å². The lowest BCUT2D eigenvalue weighted by molar-refractivity contribution is -0.121. The van der Waals surface area contributed by atoms with Crippen LogP contribution in [0.3, 0.4) is 0 Å². The summed E-state index contributed by atoms with van der Waals surface area (Å²) in [5.74, 6) is 0.663. The van der Waals surface area contributed by atoms with Crippen molar-refractivity contribution in [2.24, 2.45) is 5.92 Å². The number of ether oxygens (including phenoxy) is 1. The molecule has 0 spiro atoms. The molecule has 0 unspecified atom stereocenters.